The fourth-order valence-corrected chi connectivity index (χ4v) is 2.88. The smallest absolute Gasteiger partial charge is 0.266 e. The largest absolute Gasteiger partial charge is 0.289 e. The van der Waals surface area contributed by atoms with Gasteiger partial charge in [0.25, 0.3) is 5.91 Å². The number of hydrazone groups is 1. The molecule has 0 spiro atoms. The first-order valence-corrected chi connectivity index (χ1v) is 6.73. The van der Waals surface area contributed by atoms with E-state index in [1.165, 1.54) is 6.42 Å². The Kier molecular flexibility index (Phi) is 3.98. The lowest BCUT2D eigenvalue weighted by atomic mass is 9.72. The fraction of sp³-hybridized carbons (Fsp3) is 0.533. The molecular weight excluding hydrogens is 238 g/mol. The lowest BCUT2D eigenvalue weighted by Gasteiger charge is -2.34. The topological polar surface area (TPSA) is 54.4 Å². The second kappa shape index (κ2) is 5.51. The summed E-state index contributed by atoms with van der Waals surface area (Å²) in [5.74, 6) is 0.374. The minimum absolute atomic E-state index is 0.246. The molecule has 19 heavy (non-hydrogen) atoms. The van der Waals surface area contributed by atoms with Crippen LogP contribution in [0.2, 0.25) is 0 Å². The number of pyridine rings is 1. The number of nitrogens with zero attached hydrogens (tertiary/aromatic N) is 2. The van der Waals surface area contributed by atoms with E-state index in [1.807, 2.05) is 0 Å². The van der Waals surface area contributed by atoms with Gasteiger partial charge in [-0.25, -0.2) is 5.43 Å². The van der Waals surface area contributed by atoms with Gasteiger partial charge < -0.3 is 0 Å². The standard InChI is InChI=1S/C15H21N3O/c1-11-8-12(10-15(2,3)9-11)17-18-14(19)13-6-4-5-7-16-13/h4-7,11H,8-10H2,1-3H3,(H,18,19)/b17-12-/t11-/m0/s1. The van der Waals surface area contributed by atoms with Crippen LogP contribution in [0, 0.1) is 11.3 Å². The zero-order chi connectivity index (χ0) is 13.9. The molecule has 4 heteroatoms. The molecule has 4 nitrogen and oxygen atoms in total. The molecule has 0 saturated heterocycles. The summed E-state index contributed by atoms with van der Waals surface area (Å²) >= 11 is 0. The molecule has 2 rings (SSSR count). The molecule has 0 unspecified atom stereocenters. The monoisotopic (exact) mass is 259 g/mol. The summed E-state index contributed by atoms with van der Waals surface area (Å²) in [5, 5.41) is 4.28. The SMILES string of the molecule is C[C@H]1C/C(=N/NC(=O)c2ccccn2)CC(C)(C)C1. The van der Waals surface area contributed by atoms with Crippen LogP contribution in [0.4, 0.5) is 0 Å². The Balaban J connectivity index is 2.01. The summed E-state index contributed by atoms with van der Waals surface area (Å²) in [6.07, 6.45) is 4.72. The van der Waals surface area contributed by atoms with Gasteiger partial charge in [0.1, 0.15) is 5.69 Å². The van der Waals surface area contributed by atoms with Crippen molar-refractivity contribution in [3.63, 3.8) is 0 Å². The first-order chi connectivity index (χ1) is 8.96. The second-order valence-corrected chi connectivity index (χ2v) is 6.19. The molecule has 1 fully saturated rings. The average molecular weight is 259 g/mol. The van der Waals surface area contributed by atoms with E-state index in [0.717, 1.165) is 18.6 Å². The summed E-state index contributed by atoms with van der Waals surface area (Å²) in [5.41, 5.74) is 4.36. The molecule has 1 aromatic rings. The van der Waals surface area contributed by atoms with Crippen molar-refractivity contribution in [2.75, 3.05) is 0 Å². The van der Waals surface area contributed by atoms with Crippen molar-refractivity contribution in [2.45, 2.75) is 40.0 Å². The number of aromatic nitrogens is 1. The zero-order valence-electron chi connectivity index (χ0n) is 11.8. The van der Waals surface area contributed by atoms with Crippen molar-refractivity contribution in [3.8, 4) is 0 Å². The molecule has 0 aliphatic heterocycles. The molecule has 1 N–H and O–H groups in total. The van der Waals surface area contributed by atoms with Crippen LogP contribution < -0.4 is 5.43 Å². The highest BCUT2D eigenvalue weighted by Crippen LogP contribution is 2.36. The number of rotatable bonds is 2. The molecule has 1 heterocycles. The Morgan fingerprint density at radius 2 is 2.26 bits per heavy atom. The average Bonchev–Trinajstić information content (AvgIpc) is 2.34. The summed E-state index contributed by atoms with van der Waals surface area (Å²) in [7, 11) is 0. The predicted octanol–water partition coefficient (Wildman–Crippen LogP) is 3.01. The minimum atomic E-state index is -0.246. The normalized spacial score (nSPS) is 24.2. The summed E-state index contributed by atoms with van der Waals surface area (Å²) in [4.78, 5) is 15.9. The third-order valence-electron chi connectivity index (χ3n) is 3.38. The van der Waals surface area contributed by atoms with E-state index in [0.29, 0.717) is 11.6 Å². The van der Waals surface area contributed by atoms with Crippen LogP contribution >= 0.6 is 0 Å². The van der Waals surface area contributed by atoms with Crippen molar-refractivity contribution in [1.82, 2.24) is 10.4 Å². The van der Waals surface area contributed by atoms with Gasteiger partial charge in [-0.1, -0.05) is 26.8 Å². The third kappa shape index (κ3) is 3.88. The van der Waals surface area contributed by atoms with E-state index in [2.05, 4.69) is 36.3 Å². The number of nitrogens with one attached hydrogen (secondary N) is 1. The van der Waals surface area contributed by atoms with Gasteiger partial charge in [0.05, 0.1) is 0 Å². The van der Waals surface area contributed by atoms with Gasteiger partial charge in [0.15, 0.2) is 0 Å². The molecule has 0 aromatic carbocycles. The lowest BCUT2D eigenvalue weighted by Crippen LogP contribution is -2.30. The van der Waals surface area contributed by atoms with Crippen LogP contribution in [0.15, 0.2) is 29.5 Å². The van der Waals surface area contributed by atoms with Crippen LogP contribution in [-0.2, 0) is 0 Å². The van der Waals surface area contributed by atoms with Gasteiger partial charge in [-0.2, -0.15) is 5.10 Å². The zero-order valence-corrected chi connectivity index (χ0v) is 11.8. The fourth-order valence-electron chi connectivity index (χ4n) is 2.88. The molecule has 1 atom stereocenters. The molecule has 0 radical (unpaired) electrons. The third-order valence-corrected chi connectivity index (χ3v) is 3.38. The van der Waals surface area contributed by atoms with Gasteiger partial charge in [-0.05, 0) is 42.7 Å². The Hall–Kier alpha value is -1.71. The van der Waals surface area contributed by atoms with Crippen molar-refractivity contribution in [3.05, 3.63) is 30.1 Å². The Morgan fingerprint density at radius 1 is 1.47 bits per heavy atom. The van der Waals surface area contributed by atoms with Gasteiger partial charge in [-0.3, -0.25) is 9.78 Å². The van der Waals surface area contributed by atoms with Gasteiger partial charge in [0, 0.05) is 11.9 Å². The molecule has 1 aromatic heterocycles. The summed E-state index contributed by atoms with van der Waals surface area (Å²) in [6, 6.07) is 5.26. The van der Waals surface area contributed by atoms with E-state index in [1.54, 1.807) is 24.4 Å². The maximum Gasteiger partial charge on any atom is 0.289 e. The Labute approximate surface area is 114 Å². The molecule has 1 aliphatic carbocycles. The molecule has 0 bridgehead atoms. The highest BCUT2D eigenvalue weighted by atomic mass is 16.2. The van der Waals surface area contributed by atoms with Gasteiger partial charge in [0.2, 0.25) is 0 Å². The number of hydrogen-bond donors (Lipinski definition) is 1. The van der Waals surface area contributed by atoms with Crippen LogP contribution in [-0.4, -0.2) is 16.6 Å². The quantitative estimate of drug-likeness (QED) is 0.830. The van der Waals surface area contributed by atoms with E-state index >= 15 is 0 Å². The van der Waals surface area contributed by atoms with Crippen molar-refractivity contribution in [1.29, 1.82) is 0 Å². The Morgan fingerprint density at radius 3 is 2.89 bits per heavy atom. The molecule has 1 saturated carbocycles. The summed E-state index contributed by atoms with van der Waals surface area (Å²) in [6.45, 7) is 6.73. The van der Waals surface area contributed by atoms with E-state index in [-0.39, 0.29) is 11.3 Å². The summed E-state index contributed by atoms with van der Waals surface area (Å²) < 4.78 is 0. The van der Waals surface area contributed by atoms with Crippen LogP contribution in [0.25, 0.3) is 0 Å². The Bertz CT molecular complexity index is 479. The highest BCUT2D eigenvalue weighted by Gasteiger charge is 2.29. The van der Waals surface area contributed by atoms with Gasteiger partial charge >= 0.3 is 0 Å². The lowest BCUT2D eigenvalue weighted by molar-refractivity contribution is 0.0949. The number of carbonyl (C=O) groups is 1. The molecule has 102 valence electrons. The number of hydrogen-bond acceptors (Lipinski definition) is 3. The van der Waals surface area contributed by atoms with Crippen molar-refractivity contribution < 1.29 is 4.79 Å². The first kappa shape index (κ1) is 13.7. The van der Waals surface area contributed by atoms with Gasteiger partial charge in [-0.15, -0.1) is 0 Å². The second-order valence-electron chi connectivity index (χ2n) is 6.19. The van der Waals surface area contributed by atoms with Crippen LogP contribution in [0.1, 0.15) is 50.5 Å². The van der Waals surface area contributed by atoms with Crippen molar-refractivity contribution in [2.24, 2.45) is 16.4 Å². The van der Waals surface area contributed by atoms with Crippen LogP contribution in [0.5, 0.6) is 0 Å². The minimum Gasteiger partial charge on any atom is -0.266 e. The maximum absolute atomic E-state index is 11.8. The number of amides is 1. The molecular formula is C15H21N3O. The predicted molar refractivity (Wildman–Crippen MR) is 75.9 cm³/mol. The molecule has 1 aliphatic rings. The van der Waals surface area contributed by atoms with Crippen molar-refractivity contribution >= 4 is 11.6 Å². The van der Waals surface area contributed by atoms with E-state index in [4.69, 9.17) is 0 Å². The van der Waals surface area contributed by atoms with Crippen LogP contribution in [0.3, 0.4) is 0 Å². The highest BCUT2D eigenvalue weighted by molar-refractivity contribution is 5.94. The first-order valence-electron chi connectivity index (χ1n) is 6.73. The van der Waals surface area contributed by atoms with E-state index < -0.39 is 0 Å². The maximum atomic E-state index is 11.8. The molecule has 1 amide bonds. The van der Waals surface area contributed by atoms with E-state index in [9.17, 15) is 4.79 Å². The number of carbonyl (C=O) groups excluding carboxylic acids is 1.